The molecule has 2 atom stereocenters. The average Bonchev–Trinajstić information content (AvgIpc) is 1.94. The van der Waals surface area contributed by atoms with Crippen molar-refractivity contribution in [2.75, 3.05) is 0 Å². The SMILES string of the molecule is CC(C)C1C=CC=C(N)C1C. The van der Waals surface area contributed by atoms with Crippen molar-refractivity contribution in [1.29, 1.82) is 0 Å². The van der Waals surface area contributed by atoms with Crippen molar-refractivity contribution in [1.82, 2.24) is 0 Å². The zero-order valence-corrected chi connectivity index (χ0v) is 7.54. The van der Waals surface area contributed by atoms with Crippen LogP contribution in [0.1, 0.15) is 20.8 Å². The van der Waals surface area contributed by atoms with E-state index in [0.717, 1.165) is 5.70 Å². The van der Waals surface area contributed by atoms with Crippen LogP contribution in [0.25, 0.3) is 0 Å². The lowest BCUT2D eigenvalue weighted by Crippen LogP contribution is -2.23. The van der Waals surface area contributed by atoms with Gasteiger partial charge < -0.3 is 5.73 Å². The summed E-state index contributed by atoms with van der Waals surface area (Å²) < 4.78 is 0. The maximum Gasteiger partial charge on any atom is 0.0115 e. The van der Waals surface area contributed by atoms with Crippen LogP contribution < -0.4 is 5.73 Å². The van der Waals surface area contributed by atoms with Crippen LogP contribution >= 0.6 is 0 Å². The van der Waals surface area contributed by atoms with Crippen LogP contribution in [0.15, 0.2) is 23.9 Å². The van der Waals surface area contributed by atoms with Gasteiger partial charge in [-0.15, -0.1) is 0 Å². The molecule has 0 fully saturated rings. The number of hydrogen-bond acceptors (Lipinski definition) is 1. The molecule has 1 nitrogen and oxygen atoms in total. The third-order valence-electron chi connectivity index (χ3n) is 2.49. The lowest BCUT2D eigenvalue weighted by atomic mass is 9.80. The quantitative estimate of drug-likeness (QED) is 0.611. The molecule has 0 heterocycles. The Morgan fingerprint density at radius 2 is 2.09 bits per heavy atom. The summed E-state index contributed by atoms with van der Waals surface area (Å²) in [6, 6.07) is 0. The molecule has 0 saturated carbocycles. The Hall–Kier alpha value is -0.720. The monoisotopic (exact) mass is 151 g/mol. The summed E-state index contributed by atoms with van der Waals surface area (Å²) in [5.41, 5.74) is 6.84. The molecule has 2 N–H and O–H groups in total. The molecular formula is C10H17N. The number of hydrogen-bond donors (Lipinski definition) is 1. The van der Waals surface area contributed by atoms with E-state index in [0.29, 0.717) is 17.8 Å². The van der Waals surface area contributed by atoms with Crippen LogP contribution in [0.4, 0.5) is 0 Å². The van der Waals surface area contributed by atoms with Gasteiger partial charge in [0.05, 0.1) is 0 Å². The molecule has 2 unspecified atom stereocenters. The Morgan fingerprint density at radius 1 is 1.45 bits per heavy atom. The van der Waals surface area contributed by atoms with E-state index in [4.69, 9.17) is 5.73 Å². The summed E-state index contributed by atoms with van der Waals surface area (Å²) in [6.45, 7) is 6.67. The molecule has 1 aliphatic rings. The summed E-state index contributed by atoms with van der Waals surface area (Å²) in [7, 11) is 0. The van der Waals surface area contributed by atoms with Crippen LogP contribution in [-0.4, -0.2) is 0 Å². The van der Waals surface area contributed by atoms with Gasteiger partial charge in [-0.3, -0.25) is 0 Å². The first-order valence-electron chi connectivity index (χ1n) is 4.26. The highest BCUT2D eigenvalue weighted by atomic mass is 14.6. The Balaban J connectivity index is 2.73. The molecule has 11 heavy (non-hydrogen) atoms. The molecule has 1 heteroatoms. The van der Waals surface area contributed by atoms with Crippen molar-refractivity contribution in [3.05, 3.63) is 23.9 Å². The van der Waals surface area contributed by atoms with Gasteiger partial charge in [0.1, 0.15) is 0 Å². The van der Waals surface area contributed by atoms with E-state index in [1.54, 1.807) is 0 Å². The maximum absolute atomic E-state index is 5.82. The maximum atomic E-state index is 5.82. The van der Waals surface area contributed by atoms with Gasteiger partial charge in [0.2, 0.25) is 0 Å². The van der Waals surface area contributed by atoms with Gasteiger partial charge in [-0.05, 0) is 17.9 Å². The summed E-state index contributed by atoms with van der Waals surface area (Å²) in [5, 5.41) is 0. The van der Waals surface area contributed by atoms with Gasteiger partial charge in [0.25, 0.3) is 0 Å². The second kappa shape index (κ2) is 3.12. The van der Waals surface area contributed by atoms with E-state index in [9.17, 15) is 0 Å². The molecule has 0 aromatic heterocycles. The zero-order chi connectivity index (χ0) is 8.43. The minimum absolute atomic E-state index is 0.514. The second-order valence-electron chi connectivity index (χ2n) is 3.66. The van der Waals surface area contributed by atoms with Crippen LogP contribution in [0.3, 0.4) is 0 Å². The van der Waals surface area contributed by atoms with E-state index < -0.39 is 0 Å². The van der Waals surface area contributed by atoms with E-state index in [-0.39, 0.29) is 0 Å². The van der Waals surface area contributed by atoms with Gasteiger partial charge in [-0.1, -0.05) is 32.9 Å². The normalized spacial score (nSPS) is 30.7. The predicted octanol–water partition coefficient (Wildman–Crippen LogP) is 2.31. The Kier molecular flexibility index (Phi) is 2.38. The highest BCUT2D eigenvalue weighted by Crippen LogP contribution is 2.28. The zero-order valence-electron chi connectivity index (χ0n) is 7.54. The molecule has 0 spiro atoms. The molecule has 1 aliphatic carbocycles. The van der Waals surface area contributed by atoms with Crippen molar-refractivity contribution in [3.63, 3.8) is 0 Å². The van der Waals surface area contributed by atoms with Gasteiger partial charge >= 0.3 is 0 Å². The largest absolute Gasteiger partial charge is 0.402 e. The summed E-state index contributed by atoms with van der Waals surface area (Å²) in [6.07, 6.45) is 6.33. The van der Waals surface area contributed by atoms with Crippen molar-refractivity contribution < 1.29 is 0 Å². The topological polar surface area (TPSA) is 26.0 Å². The number of allylic oxidation sites excluding steroid dienone is 4. The number of rotatable bonds is 1. The summed E-state index contributed by atoms with van der Waals surface area (Å²) >= 11 is 0. The molecule has 0 radical (unpaired) electrons. The van der Waals surface area contributed by atoms with Crippen LogP contribution in [0.2, 0.25) is 0 Å². The standard InChI is InChI=1S/C10H17N/c1-7(2)9-5-4-6-10(11)8(9)3/h4-9H,11H2,1-3H3. The molecular weight excluding hydrogens is 134 g/mol. The lowest BCUT2D eigenvalue weighted by molar-refractivity contribution is 0.365. The summed E-state index contributed by atoms with van der Waals surface area (Å²) in [5.74, 6) is 1.83. The van der Waals surface area contributed by atoms with Crippen molar-refractivity contribution in [2.24, 2.45) is 23.5 Å². The minimum Gasteiger partial charge on any atom is -0.402 e. The van der Waals surface area contributed by atoms with Gasteiger partial charge in [0.15, 0.2) is 0 Å². The fourth-order valence-electron chi connectivity index (χ4n) is 1.64. The Labute approximate surface area is 69.0 Å². The molecule has 62 valence electrons. The highest BCUT2D eigenvalue weighted by Gasteiger charge is 2.21. The van der Waals surface area contributed by atoms with Crippen molar-refractivity contribution in [3.8, 4) is 0 Å². The molecule has 0 bridgehead atoms. The number of nitrogens with two attached hydrogens (primary N) is 1. The minimum atomic E-state index is 0.514. The first-order valence-corrected chi connectivity index (χ1v) is 4.26. The Morgan fingerprint density at radius 3 is 2.55 bits per heavy atom. The van der Waals surface area contributed by atoms with Gasteiger partial charge in [-0.2, -0.15) is 0 Å². The molecule has 0 amide bonds. The molecule has 0 saturated heterocycles. The predicted molar refractivity (Wildman–Crippen MR) is 48.9 cm³/mol. The van der Waals surface area contributed by atoms with Crippen molar-refractivity contribution in [2.45, 2.75) is 20.8 Å². The van der Waals surface area contributed by atoms with Crippen LogP contribution in [0, 0.1) is 17.8 Å². The van der Waals surface area contributed by atoms with Gasteiger partial charge in [0, 0.05) is 11.6 Å². The third-order valence-corrected chi connectivity index (χ3v) is 2.49. The fraction of sp³-hybridized carbons (Fsp3) is 0.600. The highest BCUT2D eigenvalue weighted by molar-refractivity contribution is 5.20. The smallest absolute Gasteiger partial charge is 0.0115 e. The average molecular weight is 151 g/mol. The first kappa shape index (κ1) is 8.38. The molecule has 1 rings (SSSR count). The van der Waals surface area contributed by atoms with Crippen molar-refractivity contribution >= 4 is 0 Å². The molecule has 0 aromatic rings. The van der Waals surface area contributed by atoms with E-state index in [1.807, 2.05) is 6.08 Å². The van der Waals surface area contributed by atoms with E-state index in [1.165, 1.54) is 0 Å². The third kappa shape index (κ3) is 1.65. The van der Waals surface area contributed by atoms with Crippen LogP contribution in [0.5, 0.6) is 0 Å². The lowest BCUT2D eigenvalue weighted by Gasteiger charge is -2.27. The molecule has 0 aliphatic heterocycles. The summed E-state index contributed by atoms with van der Waals surface area (Å²) in [4.78, 5) is 0. The fourth-order valence-corrected chi connectivity index (χ4v) is 1.64. The van der Waals surface area contributed by atoms with Crippen LogP contribution in [-0.2, 0) is 0 Å². The second-order valence-corrected chi connectivity index (χ2v) is 3.66. The van der Waals surface area contributed by atoms with E-state index >= 15 is 0 Å². The molecule has 0 aromatic carbocycles. The van der Waals surface area contributed by atoms with Gasteiger partial charge in [-0.25, -0.2) is 0 Å². The van der Waals surface area contributed by atoms with E-state index in [2.05, 4.69) is 32.9 Å². The Bertz CT molecular complexity index is 189. The first-order chi connectivity index (χ1) is 5.13.